The first-order chi connectivity index (χ1) is 14.1. The molecule has 1 aromatic heterocycles. The number of carbonyl (C=O) groups excluding carboxylic acids is 2. The number of ether oxygens (including phenoxy) is 1. The van der Waals surface area contributed by atoms with Gasteiger partial charge in [0.1, 0.15) is 0 Å². The molecule has 4 rings (SSSR count). The lowest BCUT2D eigenvalue weighted by atomic mass is 9.87. The molecule has 1 heterocycles. The summed E-state index contributed by atoms with van der Waals surface area (Å²) in [6, 6.07) is 15.5. The smallest absolute Gasteiger partial charge is 0.359 e. The summed E-state index contributed by atoms with van der Waals surface area (Å²) in [7, 11) is 1.32. The average molecular weight is 389 g/mol. The van der Waals surface area contributed by atoms with Crippen LogP contribution in [-0.4, -0.2) is 29.2 Å². The molecular weight excluding hydrogens is 366 g/mol. The fraction of sp³-hybridized carbons (Fsp3) is 0.261. The first-order valence-corrected chi connectivity index (χ1v) is 9.71. The van der Waals surface area contributed by atoms with Crippen LogP contribution in [-0.2, 0) is 11.2 Å². The molecule has 0 saturated carbocycles. The molecule has 0 aliphatic heterocycles. The molecule has 0 fully saturated rings. The number of hydrogen-bond donors (Lipinski definition) is 2. The zero-order chi connectivity index (χ0) is 20.4. The van der Waals surface area contributed by atoms with E-state index in [0.717, 1.165) is 30.5 Å². The standard InChI is InChI=1S/C23H23N3O3/c1-14-20(21(26-25-14)23(28)29-2)16-9-5-10-17(13-16)22(27)24-19-12-6-8-15-7-3-4-11-18(15)19/h3-5,7,9-11,13,19H,6,8,12H2,1-2H3,(H,24,27)(H,25,26)/t19-/m0/s1. The van der Waals surface area contributed by atoms with Crippen molar-refractivity contribution < 1.29 is 14.3 Å². The summed E-state index contributed by atoms with van der Waals surface area (Å²) in [4.78, 5) is 25.0. The molecule has 3 aromatic rings. The normalized spacial score (nSPS) is 15.4. The lowest BCUT2D eigenvalue weighted by Crippen LogP contribution is -2.30. The Morgan fingerprint density at radius 2 is 2.00 bits per heavy atom. The molecule has 0 radical (unpaired) electrons. The number of methoxy groups -OCH3 is 1. The van der Waals surface area contributed by atoms with Crippen LogP contribution in [0.4, 0.5) is 0 Å². The largest absolute Gasteiger partial charge is 0.464 e. The number of esters is 1. The molecule has 1 atom stereocenters. The van der Waals surface area contributed by atoms with Gasteiger partial charge in [0.25, 0.3) is 5.91 Å². The number of rotatable bonds is 4. The molecule has 6 nitrogen and oxygen atoms in total. The Morgan fingerprint density at radius 3 is 2.83 bits per heavy atom. The van der Waals surface area contributed by atoms with E-state index in [0.29, 0.717) is 11.1 Å². The van der Waals surface area contributed by atoms with E-state index in [1.807, 2.05) is 31.2 Å². The highest BCUT2D eigenvalue weighted by Crippen LogP contribution is 2.30. The Morgan fingerprint density at radius 1 is 1.17 bits per heavy atom. The molecule has 0 saturated heterocycles. The summed E-state index contributed by atoms with van der Waals surface area (Å²) in [5.74, 6) is -0.646. The van der Waals surface area contributed by atoms with E-state index >= 15 is 0 Å². The predicted octanol–water partition coefficient (Wildman–Crippen LogP) is 3.98. The number of hydrogen-bond acceptors (Lipinski definition) is 4. The zero-order valence-electron chi connectivity index (χ0n) is 16.5. The highest BCUT2D eigenvalue weighted by molar-refractivity contribution is 5.99. The van der Waals surface area contributed by atoms with Crippen molar-refractivity contribution in [2.75, 3.05) is 7.11 Å². The van der Waals surface area contributed by atoms with Crippen LogP contribution in [0.1, 0.15) is 56.6 Å². The molecule has 6 heteroatoms. The summed E-state index contributed by atoms with van der Waals surface area (Å²) < 4.78 is 4.82. The lowest BCUT2D eigenvalue weighted by Gasteiger charge is -2.26. The number of benzene rings is 2. The Hall–Kier alpha value is -3.41. The van der Waals surface area contributed by atoms with E-state index in [9.17, 15) is 9.59 Å². The fourth-order valence-corrected chi connectivity index (χ4v) is 3.99. The third-order valence-electron chi connectivity index (χ3n) is 5.41. The summed E-state index contributed by atoms with van der Waals surface area (Å²) in [5, 5.41) is 10.1. The molecule has 1 amide bonds. The molecular formula is C23H23N3O3. The van der Waals surface area contributed by atoms with Gasteiger partial charge in [-0.25, -0.2) is 4.79 Å². The number of carbonyl (C=O) groups is 2. The van der Waals surface area contributed by atoms with Gasteiger partial charge in [0.05, 0.1) is 13.2 Å². The number of fused-ring (bicyclic) bond motifs is 1. The maximum absolute atomic E-state index is 13.0. The van der Waals surface area contributed by atoms with E-state index in [-0.39, 0.29) is 17.6 Å². The number of aryl methyl sites for hydroxylation is 2. The van der Waals surface area contributed by atoms with Gasteiger partial charge in [0.2, 0.25) is 0 Å². The van der Waals surface area contributed by atoms with E-state index < -0.39 is 5.97 Å². The molecule has 29 heavy (non-hydrogen) atoms. The Kier molecular flexibility index (Phi) is 5.16. The van der Waals surface area contributed by atoms with Crippen LogP contribution < -0.4 is 5.32 Å². The van der Waals surface area contributed by atoms with Crippen molar-refractivity contribution in [2.24, 2.45) is 0 Å². The Bertz CT molecular complexity index is 1070. The lowest BCUT2D eigenvalue weighted by molar-refractivity contribution is 0.0594. The number of H-pyrrole nitrogens is 1. The summed E-state index contributed by atoms with van der Waals surface area (Å²) >= 11 is 0. The topological polar surface area (TPSA) is 84.1 Å². The molecule has 0 unspecified atom stereocenters. The molecule has 1 aliphatic rings. The van der Waals surface area contributed by atoms with Gasteiger partial charge in [-0.2, -0.15) is 5.10 Å². The van der Waals surface area contributed by atoms with Crippen LogP contribution in [0.5, 0.6) is 0 Å². The predicted molar refractivity (Wildman–Crippen MR) is 110 cm³/mol. The minimum atomic E-state index is -0.516. The SMILES string of the molecule is COC(=O)c1n[nH]c(C)c1-c1cccc(C(=O)N[C@H]2CCCc3ccccc32)c1. The summed E-state index contributed by atoms with van der Waals surface area (Å²) in [6.07, 6.45) is 3.03. The van der Waals surface area contributed by atoms with Crippen molar-refractivity contribution in [3.05, 3.63) is 76.6 Å². The van der Waals surface area contributed by atoms with Crippen molar-refractivity contribution in [1.82, 2.24) is 15.5 Å². The number of nitrogens with zero attached hydrogens (tertiary/aromatic N) is 1. The van der Waals surface area contributed by atoms with Gasteiger partial charge in [-0.15, -0.1) is 0 Å². The second-order valence-electron chi connectivity index (χ2n) is 7.26. The van der Waals surface area contributed by atoms with Crippen LogP contribution in [0.15, 0.2) is 48.5 Å². The second-order valence-corrected chi connectivity index (χ2v) is 7.26. The van der Waals surface area contributed by atoms with Gasteiger partial charge in [-0.05, 0) is 55.0 Å². The third kappa shape index (κ3) is 3.66. The average Bonchev–Trinajstić information content (AvgIpc) is 3.15. The van der Waals surface area contributed by atoms with Gasteiger partial charge in [-0.3, -0.25) is 9.89 Å². The summed E-state index contributed by atoms with van der Waals surface area (Å²) in [5.41, 5.74) is 5.38. The van der Waals surface area contributed by atoms with Crippen molar-refractivity contribution in [1.29, 1.82) is 0 Å². The summed E-state index contributed by atoms with van der Waals surface area (Å²) in [6.45, 7) is 1.83. The van der Waals surface area contributed by atoms with E-state index in [4.69, 9.17) is 4.74 Å². The molecule has 2 N–H and O–H groups in total. The van der Waals surface area contributed by atoms with E-state index in [1.54, 1.807) is 12.1 Å². The third-order valence-corrected chi connectivity index (χ3v) is 5.41. The quantitative estimate of drug-likeness (QED) is 0.661. The maximum Gasteiger partial charge on any atom is 0.359 e. The van der Waals surface area contributed by atoms with Gasteiger partial charge in [0, 0.05) is 16.8 Å². The van der Waals surface area contributed by atoms with Crippen LogP contribution in [0.3, 0.4) is 0 Å². The number of aromatic amines is 1. The zero-order valence-corrected chi connectivity index (χ0v) is 16.5. The van der Waals surface area contributed by atoms with Gasteiger partial charge < -0.3 is 10.1 Å². The van der Waals surface area contributed by atoms with Crippen LogP contribution in [0.2, 0.25) is 0 Å². The Labute approximate surface area is 169 Å². The first-order valence-electron chi connectivity index (χ1n) is 9.71. The fourth-order valence-electron chi connectivity index (χ4n) is 3.99. The molecule has 0 spiro atoms. The van der Waals surface area contributed by atoms with Crippen LogP contribution in [0, 0.1) is 6.92 Å². The van der Waals surface area contributed by atoms with Crippen molar-refractivity contribution >= 4 is 11.9 Å². The van der Waals surface area contributed by atoms with Gasteiger partial charge in [0.15, 0.2) is 5.69 Å². The van der Waals surface area contributed by atoms with E-state index in [2.05, 4.69) is 27.6 Å². The van der Waals surface area contributed by atoms with Crippen LogP contribution >= 0.6 is 0 Å². The van der Waals surface area contributed by atoms with Gasteiger partial charge >= 0.3 is 5.97 Å². The maximum atomic E-state index is 13.0. The molecule has 1 aliphatic carbocycles. The van der Waals surface area contributed by atoms with Crippen molar-refractivity contribution in [3.8, 4) is 11.1 Å². The van der Waals surface area contributed by atoms with Crippen molar-refractivity contribution in [3.63, 3.8) is 0 Å². The number of nitrogens with one attached hydrogen (secondary N) is 2. The number of aromatic nitrogens is 2. The number of amides is 1. The molecule has 2 aromatic carbocycles. The Balaban J connectivity index is 1.61. The second kappa shape index (κ2) is 7.91. The van der Waals surface area contributed by atoms with Crippen molar-refractivity contribution in [2.45, 2.75) is 32.2 Å². The highest BCUT2D eigenvalue weighted by Gasteiger charge is 2.23. The monoisotopic (exact) mass is 389 g/mol. The highest BCUT2D eigenvalue weighted by atomic mass is 16.5. The first kappa shape index (κ1) is 18.9. The van der Waals surface area contributed by atoms with Crippen LogP contribution in [0.25, 0.3) is 11.1 Å². The van der Waals surface area contributed by atoms with Gasteiger partial charge in [-0.1, -0.05) is 36.4 Å². The molecule has 148 valence electrons. The minimum Gasteiger partial charge on any atom is -0.464 e. The molecule has 0 bridgehead atoms. The minimum absolute atomic E-state index is 0.0115. The van der Waals surface area contributed by atoms with E-state index in [1.165, 1.54) is 18.2 Å².